The highest BCUT2D eigenvalue weighted by Crippen LogP contribution is 2.57. The topological polar surface area (TPSA) is 91.8 Å². The molecule has 7 nitrogen and oxygen atoms in total. The summed E-state index contributed by atoms with van der Waals surface area (Å²) in [6.07, 6.45) is 2.11. The molecular weight excluding hydrogens is 506 g/mol. The highest BCUT2D eigenvalue weighted by Gasteiger charge is 2.54. The molecule has 2 amide bonds. The van der Waals surface area contributed by atoms with E-state index in [4.69, 9.17) is 9.72 Å². The molecule has 1 aliphatic heterocycles. The van der Waals surface area contributed by atoms with Gasteiger partial charge in [-0.15, -0.1) is 11.3 Å². The van der Waals surface area contributed by atoms with Crippen molar-refractivity contribution in [2.75, 3.05) is 37.0 Å². The summed E-state index contributed by atoms with van der Waals surface area (Å²) in [5, 5.41) is 15.3. The third kappa shape index (κ3) is 5.02. The van der Waals surface area contributed by atoms with Crippen LogP contribution in [-0.2, 0) is 11.2 Å². The zero-order chi connectivity index (χ0) is 26.3. The summed E-state index contributed by atoms with van der Waals surface area (Å²) in [4.78, 5) is 34.1. The van der Waals surface area contributed by atoms with Crippen molar-refractivity contribution in [1.82, 2.24) is 9.88 Å². The second kappa shape index (κ2) is 10.6. The second-order valence-electron chi connectivity index (χ2n) is 11.1. The Morgan fingerprint density at radius 1 is 1.24 bits per heavy atom. The molecule has 0 radical (unpaired) electrons. The van der Waals surface area contributed by atoms with Crippen molar-refractivity contribution in [2.24, 2.45) is 23.2 Å². The van der Waals surface area contributed by atoms with Gasteiger partial charge in [0.1, 0.15) is 5.75 Å². The lowest BCUT2D eigenvalue weighted by Crippen LogP contribution is -2.54. The van der Waals surface area contributed by atoms with E-state index in [1.54, 1.807) is 42.7 Å². The molecular formula is C28H37N3O4S2. The number of carbonyl (C=O) groups is 2. The van der Waals surface area contributed by atoms with Crippen LogP contribution in [0, 0.1) is 23.2 Å². The number of carbonyl (C=O) groups excluding carboxylic acids is 2. The number of fused-ring (bicyclic) bond motifs is 2. The number of nitrogens with zero attached hydrogens (tertiary/aromatic N) is 2. The number of amides is 2. The third-order valence-electron chi connectivity index (χ3n) is 8.85. The van der Waals surface area contributed by atoms with Crippen molar-refractivity contribution >= 4 is 40.0 Å². The number of nitrogens with one attached hydrogen (secondary N) is 1. The maximum Gasteiger partial charge on any atom is 0.257 e. The summed E-state index contributed by atoms with van der Waals surface area (Å²) in [6, 6.07) is 7.01. The fraction of sp³-hybridized carbons (Fsp3) is 0.607. The zero-order valence-electron chi connectivity index (χ0n) is 22.0. The average Bonchev–Trinajstić information content (AvgIpc) is 3.30. The lowest BCUT2D eigenvalue weighted by Gasteiger charge is -2.53. The van der Waals surface area contributed by atoms with Gasteiger partial charge >= 0.3 is 0 Å². The molecule has 0 unspecified atom stereocenters. The number of anilines is 1. The molecule has 1 aromatic carbocycles. The van der Waals surface area contributed by atoms with Crippen LogP contribution < -0.4 is 10.1 Å². The quantitative estimate of drug-likeness (QED) is 0.570. The van der Waals surface area contributed by atoms with Gasteiger partial charge in [0, 0.05) is 46.9 Å². The molecule has 5 rings (SSSR count). The number of aliphatic hydroxyl groups excluding tert-OH is 1. The van der Waals surface area contributed by atoms with Crippen LogP contribution in [0.25, 0.3) is 0 Å². The van der Waals surface area contributed by atoms with Crippen LogP contribution >= 0.6 is 23.1 Å². The largest absolute Gasteiger partial charge is 0.497 e. The monoisotopic (exact) mass is 543 g/mol. The minimum Gasteiger partial charge on any atom is -0.497 e. The summed E-state index contributed by atoms with van der Waals surface area (Å²) in [7, 11) is 1.60. The predicted octanol–water partition coefficient (Wildman–Crippen LogP) is 4.67. The van der Waals surface area contributed by atoms with E-state index < -0.39 is 6.10 Å². The number of thioether (sulfide) groups is 1. The van der Waals surface area contributed by atoms with Gasteiger partial charge in [0.25, 0.3) is 5.91 Å². The molecule has 2 aliphatic carbocycles. The van der Waals surface area contributed by atoms with Gasteiger partial charge in [0.05, 0.1) is 18.9 Å². The van der Waals surface area contributed by atoms with E-state index in [1.807, 2.05) is 23.6 Å². The van der Waals surface area contributed by atoms with E-state index in [0.717, 1.165) is 49.6 Å². The number of rotatable bonds is 5. The van der Waals surface area contributed by atoms with Gasteiger partial charge in [-0.05, 0) is 60.8 Å². The molecule has 0 spiro atoms. The van der Waals surface area contributed by atoms with E-state index in [2.05, 4.69) is 19.2 Å². The molecule has 0 bridgehead atoms. The number of ether oxygens (including phenoxy) is 1. The van der Waals surface area contributed by atoms with Crippen LogP contribution in [0.3, 0.4) is 0 Å². The van der Waals surface area contributed by atoms with E-state index >= 15 is 0 Å². The van der Waals surface area contributed by atoms with Gasteiger partial charge in [-0.1, -0.05) is 20.8 Å². The maximum atomic E-state index is 13.3. The summed E-state index contributed by atoms with van der Waals surface area (Å²) in [5.74, 6) is 2.52. The molecule has 37 heavy (non-hydrogen) atoms. The fourth-order valence-electron chi connectivity index (χ4n) is 6.77. The van der Waals surface area contributed by atoms with Crippen LogP contribution in [0.1, 0.15) is 60.5 Å². The Labute approximate surface area is 227 Å². The van der Waals surface area contributed by atoms with E-state index in [-0.39, 0.29) is 40.9 Å². The Morgan fingerprint density at radius 3 is 2.62 bits per heavy atom. The minimum absolute atomic E-state index is 0.0261. The number of hydrogen-bond donors (Lipinski definition) is 2. The van der Waals surface area contributed by atoms with Gasteiger partial charge in [-0.3, -0.25) is 14.9 Å². The molecule has 2 aromatic rings. The van der Waals surface area contributed by atoms with Gasteiger partial charge in [0.15, 0.2) is 5.13 Å². The lowest BCUT2D eigenvalue weighted by molar-refractivity contribution is -0.144. The van der Waals surface area contributed by atoms with Gasteiger partial charge in [0.2, 0.25) is 5.91 Å². The summed E-state index contributed by atoms with van der Waals surface area (Å²) >= 11 is 3.44. The summed E-state index contributed by atoms with van der Waals surface area (Å²) < 4.78 is 5.18. The predicted molar refractivity (Wildman–Crippen MR) is 149 cm³/mol. The van der Waals surface area contributed by atoms with Crippen molar-refractivity contribution in [3.63, 3.8) is 0 Å². The molecule has 2 N–H and O–H groups in total. The van der Waals surface area contributed by atoms with Crippen LogP contribution in [-0.4, -0.2) is 64.6 Å². The van der Waals surface area contributed by atoms with Gasteiger partial charge < -0.3 is 14.7 Å². The molecule has 200 valence electrons. The van der Waals surface area contributed by atoms with Crippen LogP contribution in [0.15, 0.2) is 24.3 Å². The highest BCUT2D eigenvalue weighted by molar-refractivity contribution is 7.99. The second-order valence-corrected chi connectivity index (χ2v) is 13.4. The molecule has 2 heterocycles. The Hall–Kier alpha value is -2.10. The molecule has 6 atom stereocenters. The number of thiazole rings is 1. The van der Waals surface area contributed by atoms with Crippen LogP contribution in [0.5, 0.6) is 5.75 Å². The molecule has 3 aliphatic rings. The fourth-order valence-corrected chi connectivity index (χ4v) is 8.93. The molecule has 9 heteroatoms. The number of aromatic nitrogens is 1. The number of hydrogen-bond acceptors (Lipinski definition) is 7. The van der Waals surface area contributed by atoms with Crippen molar-refractivity contribution in [1.29, 1.82) is 0 Å². The minimum atomic E-state index is -0.556. The first-order valence-electron chi connectivity index (χ1n) is 13.2. The number of benzene rings is 1. The van der Waals surface area contributed by atoms with E-state index in [9.17, 15) is 14.7 Å². The standard InChI is InChI=1S/C28H37N3O4S2/c1-16(26(34)31-11-13-36-14-12-31)20-9-10-28(3)15-21-23(17(2)22(28)24(20)32)29-27(37-21)30-25(33)18-5-7-19(35-4)8-6-18/h5-8,16-17,20,22,24,32H,9-15H2,1-4H3,(H,29,30,33)/t16-,17-,20+,22+,24-,28-/m0/s1. The Morgan fingerprint density at radius 2 is 1.95 bits per heavy atom. The Balaban J connectivity index is 1.32. The third-order valence-corrected chi connectivity index (χ3v) is 10.8. The molecule has 2 fully saturated rings. The normalized spacial score (nSPS) is 30.1. The zero-order valence-corrected chi connectivity index (χ0v) is 23.7. The maximum absolute atomic E-state index is 13.3. The number of methoxy groups -OCH3 is 1. The highest BCUT2D eigenvalue weighted by atomic mass is 32.2. The summed E-state index contributed by atoms with van der Waals surface area (Å²) in [5.41, 5.74) is 1.47. The average molecular weight is 544 g/mol. The van der Waals surface area contributed by atoms with Gasteiger partial charge in [-0.25, -0.2) is 4.98 Å². The Kier molecular flexibility index (Phi) is 7.58. The molecule has 1 saturated heterocycles. The Bertz CT molecular complexity index is 1150. The van der Waals surface area contributed by atoms with E-state index in [0.29, 0.717) is 16.4 Å². The van der Waals surface area contributed by atoms with Crippen molar-refractivity contribution in [2.45, 2.75) is 52.1 Å². The van der Waals surface area contributed by atoms with Crippen molar-refractivity contribution < 1.29 is 19.4 Å². The molecule has 1 aromatic heterocycles. The van der Waals surface area contributed by atoms with Crippen LogP contribution in [0.2, 0.25) is 0 Å². The van der Waals surface area contributed by atoms with Gasteiger partial charge in [-0.2, -0.15) is 11.8 Å². The van der Waals surface area contributed by atoms with Crippen molar-refractivity contribution in [3.8, 4) is 5.75 Å². The SMILES string of the molecule is COc1ccc(C(=O)Nc2nc3c(s2)C[C@]2(C)CC[C@H]([C@H](C)C(=O)N4CCSCC4)[C@H](O)[C@H]2[C@@H]3C)cc1. The first-order chi connectivity index (χ1) is 17.7. The van der Waals surface area contributed by atoms with Crippen LogP contribution in [0.4, 0.5) is 5.13 Å². The first-order valence-corrected chi connectivity index (χ1v) is 15.2. The number of aliphatic hydroxyl groups is 1. The van der Waals surface area contributed by atoms with E-state index in [1.165, 1.54) is 4.88 Å². The summed E-state index contributed by atoms with van der Waals surface area (Å²) in [6.45, 7) is 8.05. The van der Waals surface area contributed by atoms with Crippen molar-refractivity contribution in [3.05, 3.63) is 40.4 Å². The smallest absolute Gasteiger partial charge is 0.257 e. The molecule has 1 saturated carbocycles. The lowest BCUT2D eigenvalue weighted by atomic mass is 9.53. The first kappa shape index (κ1) is 26.5.